The second kappa shape index (κ2) is 8.55. The normalized spacial score (nSPS) is 10.0. The van der Waals surface area contributed by atoms with Crippen molar-refractivity contribution >= 4 is 27.9 Å². The third-order valence-electron chi connectivity index (χ3n) is 2.47. The van der Waals surface area contributed by atoms with Crippen LogP contribution < -0.4 is 4.72 Å². The van der Waals surface area contributed by atoms with Gasteiger partial charge in [-0.05, 0) is 11.1 Å². The number of hydrogen-bond donors (Lipinski definition) is 1. The van der Waals surface area contributed by atoms with Crippen LogP contribution >= 0.6 is 21.8 Å². The SMILES string of the molecule is O=C(NSSCc1ccccc1)OCc1ccccc1. The minimum atomic E-state index is -0.417. The summed E-state index contributed by atoms with van der Waals surface area (Å²) in [6, 6.07) is 19.7. The van der Waals surface area contributed by atoms with Gasteiger partial charge < -0.3 is 4.74 Å². The molecule has 104 valence electrons. The van der Waals surface area contributed by atoms with Crippen LogP contribution in [0.15, 0.2) is 60.7 Å². The van der Waals surface area contributed by atoms with Crippen molar-refractivity contribution in [2.24, 2.45) is 0 Å². The van der Waals surface area contributed by atoms with E-state index in [1.165, 1.54) is 16.5 Å². The van der Waals surface area contributed by atoms with Crippen molar-refractivity contribution in [3.05, 3.63) is 71.8 Å². The Labute approximate surface area is 126 Å². The maximum absolute atomic E-state index is 11.5. The summed E-state index contributed by atoms with van der Waals surface area (Å²) in [6.07, 6.45) is -0.417. The zero-order valence-electron chi connectivity index (χ0n) is 10.8. The minimum Gasteiger partial charge on any atom is -0.444 e. The molecule has 0 saturated heterocycles. The molecule has 0 radical (unpaired) electrons. The van der Waals surface area contributed by atoms with Gasteiger partial charge in [-0.15, -0.1) is 0 Å². The van der Waals surface area contributed by atoms with Gasteiger partial charge in [0, 0.05) is 16.7 Å². The molecule has 20 heavy (non-hydrogen) atoms. The van der Waals surface area contributed by atoms with Gasteiger partial charge in [0.2, 0.25) is 0 Å². The van der Waals surface area contributed by atoms with Crippen molar-refractivity contribution in [2.45, 2.75) is 12.4 Å². The van der Waals surface area contributed by atoms with Crippen LogP contribution in [-0.4, -0.2) is 6.09 Å². The van der Waals surface area contributed by atoms with Crippen LogP contribution in [-0.2, 0) is 17.1 Å². The van der Waals surface area contributed by atoms with E-state index in [2.05, 4.69) is 16.9 Å². The molecule has 0 unspecified atom stereocenters. The number of rotatable bonds is 6. The average Bonchev–Trinajstić information content (AvgIpc) is 2.52. The van der Waals surface area contributed by atoms with Crippen LogP contribution in [0.3, 0.4) is 0 Å². The molecular weight excluding hydrogens is 290 g/mol. The molecule has 2 aromatic carbocycles. The third-order valence-corrected chi connectivity index (χ3v) is 4.24. The first kappa shape index (κ1) is 14.8. The van der Waals surface area contributed by atoms with Gasteiger partial charge in [-0.2, -0.15) is 0 Å². The maximum atomic E-state index is 11.5. The van der Waals surface area contributed by atoms with E-state index in [9.17, 15) is 4.79 Å². The van der Waals surface area contributed by atoms with Gasteiger partial charge in [0.25, 0.3) is 0 Å². The number of nitrogens with one attached hydrogen (secondary N) is 1. The van der Waals surface area contributed by atoms with E-state index in [4.69, 9.17) is 4.74 Å². The van der Waals surface area contributed by atoms with E-state index in [0.717, 1.165) is 11.3 Å². The summed E-state index contributed by atoms with van der Waals surface area (Å²) < 4.78 is 7.74. The molecule has 3 nitrogen and oxygen atoms in total. The smallest absolute Gasteiger partial charge is 0.418 e. The van der Waals surface area contributed by atoms with Gasteiger partial charge in [-0.1, -0.05) is 71.5 Å². The Morgan fingerprint density at radius 2 is 1.55 bits per heavy atom. The Hall–Kier alpha value is -1.59. The van der Waals surface area contributed by atoms with Crippen LogP contribution in [0.25, 0.3) is 0 Å². The van der Waals surface area contributed by atoms with Gasteiger partial charge >= 0.3 is 6.09 Å². The number of benzene rings is 2. The number of hydrogen-bond acceptors (Lipinski definition) is 4. The topological polar surface area (TPSA) is 38.3 Å². The van der Waals surface area contributed by atoms with Crippen molar-refractivity contribution in [1.29, 1.82) is 0 Å². The molecule has 2 aromatic rings. The first-order chi connectivity index (χ1) is 9.84. The first-order valence-electron chi connectivity index (χ1n) is 6.13. The first-order valence-corrected chi connectivity index (χ1v) is 8.45. The fraction of sp³-hybridized carbons (Fsp3) is 0.133. The van der Waals surface area contributed by atoms with E-state index in [1.54, 1.807) is 10.8 Å². The lowest BCUT2D eigenvalue weighted by Gasteiger charge is -2.06. The number of ether oxygens (including phenoxy) is 1. The van der Waals surface area contributed by atoms with E-state index in [0.29, 0.717) is 0 Å². The highest BCUT2D eigenvalue weighted by atomic mass is 33.1. The molecule has 0 aliphatic heterocycles. The zero-order chi connectivity index (χ0) is 14.0. The highest BCUT2D eigenvalue weighted by Crippen LogP contribution is 2.22. The van der Waals surface area contributed by atoms with Crippen LogP contribution in [0.5, 0.6) is 0 Å². The Morgan fingerprint density at radius 1 is 0.950 bits per heavy atom. The molecule has 0 bridgehead atoms. The predicted octanol–water partition coefficient (Wildman–Crippen LogP) is 4.41. The second-order valence-electron chi connectivity index (χ2n) is 3.99. The van der Waals surface area contributed by atoms with Crippen LogP contribution in [0.1, 0.15) is 11.1 Å². The fourth-order valence-electron chi connectivity index (χ4n) is 1.49. The van der Waals surface area contributed by atoms with Gasteiger partial charge in [-0.25, -0.2) is 4.79 Å². The monoisotopic (exact) mass is 305 g/mol. The lowest BCUT2D eigenvalue weighted by Crippen LogP contribution is -2.16. The molecule has 2 rings (SSSR count). The van der Waals surface area contributed by atoms with E-state index >= 15 is 0 Å². The Morgan fingerprint density at radius 3 is 2.20 bits per heavy atom. The second-order valence-corrected chi connectivity index (χ2v) is 6.10. The van der Waals surface area contributed by atoms with Crippen molar-refractivity contribution < 1.29 is 9.53 Å². The maximum Gasteiger partial charge on any atom is 0.418 e. The summed E-state index contributed by atoms with van der Waals surface area (Å²) in [5, 5.41) is 0. The molecule has 0 saturated carbocycles. The van der Waals surface area contributed by atoms with Crippen molar-refractivity contribution in [2.75, 3.05) is 0 Å². The zero-order valence-corrected chi connectivity index (χ0v) is 12.5. The van der Waals surface area contributed by atoms with E-state index < -0.39 is 6.09 Å². The van der Waals surface area contributed by atoms with Crippen LogP contribution in [0, 0.1) is 0 Å². The molecule has 1 N–H and O–H groups in total. The fourth-order valence-corrected chi connectivity index (χ4v) is 3.03. The molecule has 0 spiro atoms. The number of carbonyl (C=O) groups excluding carboxylic acids is 1. The number of amides is 1. The predicted molar refractivity (Wildman–Crippen MR) is 85.1 cm³/mol. The lowest BCUT2D eigenvalue weighted by atomic mass is 10.2. The van der Waals surface area contributed by atoms with Gasteiger partial charge in [0.1, 0.15) is 6.61 Å². The minimum absolute atomic E-state index is 0.288. The Balaban J connectivity index is 1.59. The summed E-state index contributed by atoms with van der Waals surface area (Å²) in [5.41, 5.74) is 2.20. The molecule has 0 heterocycles. The summed E-state index contributed by atoms with van der Waals surface area (Å²) >= 11 is 0. The molecule has 5 heteroatoms. The van der Waals surface area contributed by atoms with Crippen molar-refractivity contribution in [3.8, 4) is 0 Å². The van der Waals surface area contributed by atoms with Gasteiger partial charge in [0.05, 0.1) is 0 Å². The Kier molecular flexibility index (Phi) is 6.34. The summed E-state index contributed by atoms with van der Waals surface area (Å²) in [7, 11) is 2.84. The molecular formula is C15H15NO2S2. The van der Waals surface area contributed by atoms with E-state index in [1.807, 2.05) is 48.5 Å². The van der Waals surface area contributed by atoms with Crippen molar-refractivity contribution in [3.63, 3.8) is 0 Å². The quantitative estimate of drug-likeness (QED) is 0.487. The lowest BCUT2D eigenvalue weighted by molar-refractivity contribution is 0.147. The summed E-state index contributed by atoms with van der Waals surface area (Å²) in [6.45, 7) is 0.288. The highest BCUT2D eigenvalue weighted by molar-refractivity contribution is 8.75. The Bertz CT molecular complexity index is 520. The molecule has 0 aliphatic rings. The standard InChI is InChI=1S/C15H15NO2S2/c17-15(18-11-13-7-3-1-4-8-13)16-20-19-12-14-9-5-2-6-10-14/h1-10H,11-12H2,(H,16,17). The molecule has 0 aliphatic carbocycles. The summed E-state index contributed by atoms with van der Waals surface area (Å²) in [5.74, 6) is 0.838. The van der Waals surface area contributed by atoms with Gasteiger partial charge in [-0.3, -0.25) is 4.72 Å². The largest absolute Gasteiger partial charge is 0.444 e. The molecule has 0 fully saturated rings. The van der Waals surface area contributed by atoms with Gasteiger partial charge in [0.15, 0.2) is 0 Å². The highest BCUT2D eigenvalue weighted by Gasteiger charge is 2.02. The van der Waals surface area contributed by atoms with Crippen molar-refractivity contribution in [1.82, 2.24) is 4.72 Å². The molecule has 1 amide bonds. The van der Waals surface area contributed by atoms with Crippen LogP contribution in [0.2, 0.25) is 0 Å². The number of carbonyl (C=O) groups is 1. The van der Waals surface area contributed by atoms with E-state index in [-0.39, 0.29) is 6.61 Å². The molecule has 0 atom stereocenters. The van der Waals surface area contributed by atoms with Crippen LogP contribution in [0.4, 0.5) is 4.79 Å². The summed E-state index contributed by atoms with van der Waals surface area (Å²) in [4.78, 5) is 11.5. The molecule has 0 aromatic heterocycles. The average molecular weight is 305 g/mol. The third kappa shape index (κ3) is 5.59.